The third-order valence-electron chi connectivity index (χ3n) is 3.58. The van der Waals surface area contributed by atoms with E-state index in [0.717, 1.165) is 31.2 Å². The lowest BCUT2D eigenvalue weighted by atomic mass is 9.98. The highest BCUT2D eigenvalue weighted by atomic mass is 16.5. The molecule has 3 rings (SSSR count). The highest BCUT2D eigenvalue weighted by molar-refractivity contribution is 5.72. The molecule has 2 heterocycles. The number of hydrogen-bond donors (Lipinski definition) is 0. The Morgan fingerprint density at radius 2 is 1.95 bits per heavy atom. The molecule has 0 bridgehead atoms. The van der Waals surface area contributed by atoms with Gasteiger partial charge in [-0.15, -0.1) is 0 Å². The molecule has 0 saturated heterocycles. The zero-order chi connectivity index (χ0) is 14.5. The first-order chi connectivity index (χ1) is 10.4. The summed E-state index contributed by atoms with van der Waals surface area (Å²) in [6.45, 7) is 4.46. The van der Waals surface area contributed by atoms with Crippen molar-refractivity contribution in [1.82, 2.24) is 9.97 Å². The Labute approximate surface area is 125 Å². The quantitative estimate of drug-likeness (QED) is 0.863. The van der Waals surface area contributed by atoms with E-state index in [1.165, 1.54) is 11.1 Å². The largest absolute Gasteiger partial charge is 0.493 e. The van der Waals surface area contributed by atoms with Crippen molar-refractivity contribution in [2.24, 2.45) is 0 Å². The standard InChI is InChI=1S/C17H19N3O/c1-2-21-16-7-4-3-6-15(16)14-8-12-20(13-9-14)17-18-10-5-11-19-17/h3-8,10-11H,2,9,12-13H2,1H3. The van der Waals surface area contributed by atoms with Gasteiger partial charge in [-0.3, -0.25) is 0 Å². The van der Waals surface area contributed by atoms with Gasteiger partial charge in [0.05, 0.1) is 6.61 Å². The minimum absolute atomic E-state index is 0.689. The van der Waals surface area contributed by atoms with Crippen LogP contribution in [0.3, 0.4) is 0 Å². The third-order valence-corrected chi connectivity index (χ3v) is 3.58. The molecule has 1 aliphatic rings. The minimum atomic E-state index is 0.689. The molecule has 1 aliphatic heterocycles. The molecule has 0 aliphatic carbocycles. The summed E-state index contributed by atoms with van der Waals surface area (Å²) in [6.07, 6.45) is 6.79. The molecule has 21 heavy (non-hydrogen) atoms. The van der Waals surface area contributed by atoms with Crippen LogP contribution in [0.15, 0.2) is 48.8 Å². The topological polar surface area (TPSA) is 38.2 Å². The molecule has 4 nitrogen and oxygen atoms in total. The molecule has 1 aromatic carbocycles. The molecular weight excluding hydrogens is 262 g/mol. The van der Waals surface area contributed by atoms with Crippen LogP contribution in [-0.2, 0) is 0 Å². The van der Waals surface area contributed by atoms with E-state index in [2.05, 4.69) is 33.1 Å². The summed E-state index contributed by atoms with van der Waals surface area (Å²) in [6, 6.07) is 10.1. The zero-order valence-corrected chi connectivity index (χ0v) is 12.2. The Balaban J connectivity index is 1.79. The van der Waals surface area contributed by atoms with Crippen LogP contribution in [-0.4, -0.2) is 29.7 Å². The van der Waals surface area contributed by atoms with E-state index in [-0.39, 0.29) is 0 Å². The first-order valence-corrected chi connectivity index (χ1v) is 7.31. The fourth-order valence-corrected chi connectivity index (χ4v) is 2.56. The lowest BCUT2D eigenvalue weighted by molar-refractivity contribution is 0.339. The minimum Gasteiger partial charge on any atom is -0.493 e. The van der Waals surface area contributed by atoms with Gasteiger partial charge in [-0.2, -0.15) is 0 Å². The fourth-order valence-electron chi connectivity index (χ4n) is 2.56. The first kappa shape index (κ1) is 13.6. The molecule has 0 unspecified atom stereocenters. The first-order valence-electron chi connectivity index (χ1n) is 7.31. The van der Waals surface area contributed by atoms with Crippen molar-refractivity contribution in [2.45, 2.75) is 13.3 Å². The van der Waals surface area contributed by atoms with E-state index in [9.17, 15) is 0 Å². The van der Waals surface area contributed by atoms with Crippen molar-refractivity contribution in [3.63, 3.8) is 0 Å². The molecule has 0 radical (unpaired) electrons. The number of anilines is 1. The average Bonchev–Trinajstić information content (AvgIpc) is 2.57. The second-order valence-corrected chi connectivity index (χ2v) is 4.90. The van der Waals surface area contributed by atoms with Crippen LogP contribution in [0.5, 0.6) is 5.75 Å². The van der Waals surface area contributed by atoms with Crippen LogP contribution in [0.2, 0.25) is 0 Å². The molecule has 0 saturated carbocycles. The SMILES string of the molecule is CCOc1ccccc1C1=CCN(c2ncccn2)CC1. The number of rotatable bonds is 4. The van der Waals surface area contributed by atoms with Crippen LogP contribution in [0.1, 0.15) is 18.9 Å². The number of hydrogen-bond acceptors (Lipinski definition) is 4. The summed E-state index contributed by atoms with van der Waals surface area (Å²) in [4.78, 5) is 10.8. The normalized spacial score (nSPS) is 14.7. The Morgan fingerprint density at radius 3 is 2.67 bits per heavy atom. The van der Waals surface area contributed by atoms with Crippen LogP contribution < -0.4 is 9.64 Å². The molecule has 0 fully saturated rings. The number of aromatic nitrogens is 2. The Hall–Kier alpha value is -2.36. The van der Waals surface area contributed by atoms with Crippen LogP contribution in [0.4, 0.5) is 5.95 Å². The summed E-state index contributed by atoms with van der Waals surface area (Å²) >= 11 is 0. The van der Waals surface area contributed by atoms with Gasteiger partial charge in [-0.25, -0.2) is 9.97 Å². The van der Waals surface area contributed by atoms with Gasteiger partial charge < -0.3 is 9.64 Å². The number of ether oxygens (including phenoxy) is 1. The molecule has 4 heteroatoms. The lowest BCUT2D eigenvalue weighted by Gasteiger charge is -2.27. The van der Waals surface area contributed by atoms with E-state index in [1.807, 2.05) is 25.1 Å². The molecule has 2 aromatic rings. The van der Waals surface area contributed by atoms with Crippen molar-refractivity contribution >= 4 is 11.5 Å². The zero-order valence-electron chi connectivity index (χ0n) is 12.2. The smallest absolute Gasteiger partial charge is 0.225 e. The van der Waals surface area contributed by atoms with Crippen molar-refractivity contribution in [1.29, 1.82) is 0 Å². The van der Waals surface area contributed by atoms with Crippen molar-refractivity contribution in [3.05, 3.63) is 54.4 Å². The van der Waals surface area contributed by atoms with Crippen LogP contribution in [0, 0.1) is 0 Å². The number of para-hydroxylation sites is 1. The maximum atomic E-state index is 5.72. The van der Waals surface area contributed by atoms with Gasteiger partial charge in [0.15, 0.2) is 0 Å². The molecule has 108 valence electrons. The lowest BCUT2D eigenvalue weighted by Crippen LogP contribution is -2.29. The van der Waals surface area contributed by atoms with Crippen molar-refractivity contribution in [3.8, 4) is 5.75 Å². The highest BCUT2D eigenvalue weighted by Gasteiger charge is 2.17. The van der Waals surface area contributed by atoms with Crippen molar-refractivity contribution < 1.29 is 4.74 Å². The average molecular weight is 281 g/mol. The predicted octanol–water partition coefficient (Wildman–Crippen LogP) is 3.17. The van der Waals surface area contributed by atoms with Gasteiger partial charge in [0.1, 0.15) is 5.75 Å². The van der Waals surface area contributed by atoms with Crippen LogP contribution >= 0.6 is 0 Å². The monoisotopic (exact) mass is 281 g/mol. The summed E-state index contributed by atoms with van der Waals surface area (Å²) in [7, 11) is 0. The van der Waals surface area contributed by atoms with Crippen LogP contribution in [0.25, 0.3) is 5.57 Å². The molecule has 0 atom stereocenters. The van der Waals surface area contributed by atoms with Crippen molar-refractivity contribution in [2.75, 3.05) is 24.6 Å². The Kier molecular flexibility index (Phi) is 4.15. The second-order valence-electron chi connectivity index (χ2n) is 4.90. The molecule has 1 aromatic heterocycles. The molecule has 0 spiro atoms. The number of benzene rings is 1. The van der Waals surface area contributed by atoms with Gasteiger partial charge in [0.2, 0.25) is 5.95 Å². The molecule has 0 N–H and O–H groups in total. The summed E-state index contributed by atoms with van der Waals surface area (Å²) in [5.74, 6) is 1.77. The third kappa shape index (κ3) is 3.05. The highest BCUT2D eigenvalue weighted by Crippen LogP contribution is 2.30. The Morgan fingerprint density at radius 1 is 1.14 bits per heavy atom. The molecular formula is C17H19N3O. The van der Waals surface area contributed by atoms with E-state index in [1.54, 1.807) is 12.4 Å². The summed E-state index contributed by atoms with van der Waals surface area (Å²) < 4.78 is 5.72. The molecule has 0 amide bonds. The Bertz CT molecular complexity index is 625. The maximum Gasteiger partial charge on any atom is 0.225 e. The van der Waals surface area contributed by atoms with E-state index < -0.39 is 0 Å². The van der Waals surface area contributed by atoms with E-state index in [4.69, 9.17) is 4.74 Å². The van der Waals surface area contributed by atoms with E-state index >= 15 is 0 Å². The summed E-state index contributed by atoms with van der Waals surface area (Å²) in [5, 5.41) is 0. The maximum absolute atomic E-state index is 5.72. The summed E-state index contributed by atoms with van der Waals surface area (Å²) in [5.41, 5.74) is 2.54. The van der Waals surface area contributed by atoms with Gasteiger partial charge in [0.25, 0.3) is 0 Å². The predicted molar refractivity (Wildman–Crippen MR) is 84.5 cm³/mol. The van der Waals surface area contributed by atoms with E-state index in [0.29, 0.717) is 6.61 Å². The fraction of sp³-hybridized carbons (Fsp3) is 0.294. The van der Waals surface area contributed by atoms with Gasteiger partial charge >= 0.3 is 0 Å². The van der Waals surface area contributed by atoms with Gasteiger partial charge in [-0.1, -0.05) is 24.3 Å². The van der Waals surface area contributed by atoms with Gasteiger partial charge in [-0.05, 0) is 31.1 Å². The van der Waals surface area contributed by atoms with Gasteiger partial charge in [0, 0.05) is 31.0 Å². The second kappa shape index (κ2) is 6.39. The number of nitrogens with zero attached hydrogens (tertiary/aromatic N) is 3.